The third kappa shape index (κ3) is 4.01. The molecule has 1 aromatic heterocycles. The molecule has 0 spiro atoms. The van der Waals surface area contributed by atoms with Crippen molar-refractivity contribution < 1.29 is 4.74 Å². The second-order valence-corrected chi connectivity index (χ2v) is 7.42. The summed E-state index contributed by atoms with van der Waals surface area (Å²) in [6.45, 7) is 5.21. The Morgan fingerprint density at radius 1 is 1.38 bits per heavy atom. The molecule has 5 heteroatoms. The number of nitrogens with one attached hydrogen (secondary N) is 1. The van der Waals surface area contributed by atoms with Crippen LogP contribution in [-0.2, 0) is 0 Å². The molecule has 0 amide bonds. The Morgan fingerprint density at radius 3 is 2.71 bits per heavy atom. The van der Waals surface area contributed by atoms with E-state index in [2.05, 4.69) is 41.2 Å². The summed E-state index contributed by atoms with van der Waals surface area (Å²) in [6.07, 6.45) is 1.07. The van der Waals surface area contributed by atoms with Crippen LogP contribution in [0, 0.1) is 6.92 Å². The van der Waals surface area contributed by atoms with E-state index in [0.29, 0.717) is 0 Å². The predicted molar refractivity (Wildman–Crippen MR) is 94.9 cm³/mol. The highest BCUT2D eigenvalue weighted by molar-refractivity contribution is 9.10. The van der Waals surface area contributed by atoms with Gasteiger partial charge in [-0.15, -0.1) is 11.3 Å². The van der Waals surface area contributed by atoms with Gasteiger partial charge in [-0.05, 0) is 60.1 Å². The highest BCUT2D eigenvalue weighted by atomic mass is 79.9. The van der Waals surface area contributed by atoms with Crippen molar-refractivity contribution in [1.82, 2.24) is 5.32 Å². The lowest BCUT2D eigenvalue weighted by Gasteiger charge is -2.21. The number of rotatable bonds is 6. The molecule has 0 radical (unpaired) electrons. The number of halogens is 2. The number of hydrogen-bond acceptors (Lipinski definition) is 3. The van der Waals surface area contributed by atoms with E-state index in [1.54, 1.807) is 18.4 Å². The van der Waals surface area contributed by atoms with E-state index in [-0.39, 0.29) is 6.04 Å². The Balaban J connectivity index is 2.50. The van der Waals surface area contributed by atoms with Crippen LogP contribution in [0.1, 0.15) is 34.7 Å². The molecular formula is C16H19BrClNOS. The van der Waals surface area contributed by atoms with E-state index in [0.717, 1.165) is 33.8 Å². The Morgan fingerprint density at radius 2 is 2.14 bits per heavy atom. The molecule has 0 aliphatic carbocycles. The van der Waals surface area contributed by atoms with Gasteiger partial charge in [0.25, 0.3) is 0 Å². The lowest BCUT2D eigenvalue weighted by Crippen LogP contribution is -2.23. The van der Waals surface area contributed by atoms with Crippen molar-refractivity contribution in [3.05, 3.63) is 49.1 Å². The van der Waals surface area contributed by atoms with E-state index in [4.69, 9.17) is 16.3 Å². The van der Waals surface area contributed by atoms with Gasteiger partial charge < -0.3 is 10.1 Å². The molecule has 1 N–H and O–H groups in total. The van der Waals surface area contributed by atoms with Gasteiger partial charge >= 0.3 is 0 Å². The number of aryl methyl sites for hydroxylation is 1. The van der Waals surface area contributed by atoms with Gasteiger partial charge in [-0.2, -0.15) is 0 Å². The van der Waals surface area contributed by atoms with Gasteiger partial charge in [-0.3, -0.25) is 0 Å². The number of hydrogen-bond donors (Lipinski definition) is 1. The second kappa shape index (κ2) is 7.63. The smallest absolute Gasteiger partial charge is 0.124 e. The normalized spacial score (nSPS) is 12.4. The lowest BCUT2D eigenvalue weighted by atomic mass is 10.0. The minimum Gasteiger partial charge on any atom is -0.496 e. The molecular weight excluding hydrogens is 370 g/mol. The van der Waals surface area contributed by atoms with E-state index >= 15 is 0 Å². The van der Waals surface area contributed by atoms with E-state index < -0.39 is 0 Å². The first-order valence-corrected chi connectivity index (χ1v) is 8.88. The Kier molecular flexibility index (Phi) is 6.11. The summed E-state index contributed by atoms with van der Waals surface area (Å²) in [5, 5.41) is 4.32. The van der Waals surface area contributed by atoms with E-state index in [9.17, 15) is 0 Å². The molecule has 0 saturated heterocycles. The topological polar surface area (TPSA) is 21.3 Å². The number of benzene rings is 1. The molecule has 0 aliphatic rings. The third-order valence-corrected chi connectivity index (χ3v) is 5.47. The molecule has 21 heavy (non-hydrogen) atoms. The van der Waals surface area contributed by atoms with Crippen molar-refractivity contribution in [2.24, 2.45) is 0 Å². The zero-order chi connectivity index (χ0) is 15.4. The average molecular weight is 389 g/mol. The maximum Gasteiger partial charge on any atom is 0.124 e. The van der Waals surface area contributed by atoms with Gasteiger partial charge in [-0.25, -0.2) is 0 Å². The molecule has 0 saturated carbocycles. The Labute approximate surface area is 143 Å². The quantitative estimate of drug-likeness (QED) is 0.698. The predicted octanol–water partition coefficient (Wildman–Crippen LogP) is 5.57. The van der Waals surface area contributed by atoms with Crippen LogP contribution in [0.25, 0.3) is 0 Å². The van der Waals surface area contributed by atoms with Crippen molar-refractivity contribution in [3.8, 4) is 5.75 Å². The molecule has 1 atom stereocenters. The standard InChI is InChI=1S/C16H19BrClNOS/c1-4-7-19-15(16-13(17)8-10(2)21-16)12-9-11(18)5-6-14(12)20-3/h5-6,8-9,15,19H,4,7H2,1-3H3. The van der Waals surface area contributed by atoms with Crippen molar-refractivity contribution in [2.75, 3.05) is 13.7 Å². The molecule has 2 rings (SSSR count). The fourth-order valence-electron chi connectivity index (χ4n) is 2.26. The fourth-order valence-corrected chi connectivity index (χ4v) is 4.42. The molecule has 0 aliphatic heterocycles. The van der Waals surface area contributed by atoms with Crippen molar-refractivity contribution in [1.29, 1.82) is 0 Å². The Bertz CT molecular complexity index is 614. The molecule has 1 unspecified atom stereocenters. The largest absolute Gasteiger partial charge is 0.496 e. The highest BCUT2D eigenvalue weighted by Gasteiger charge is 2.22. The summed E-state index contributed by atoms with van der Waals surface area (Å²) in [5.41, 5.74) is 1.07. The minimum absolute atomic E-state index is 0.0756. The van der Waals surface area contributed by atoms with Crippen LogP contribution < -0.4 is 10.1 Å². The molecule has 2 nitrogen and oxygen atoms in total. The SMILES string of the molecule is CCCNC(c1cc(Cl)ccc1OC)c1sc(C)cc1Br. The summed E-state index contributed by atoms with van der Waals surface area (Å²) >= 11 is 11.6. The number of methoxy groups -OCH3 is 1. The minimum atomic E-state index is 0.0756. The van der Waals surface area contributed by atoms with Gasteiger partial charge in [0.05, 0.1) is 13.2 Å². The van der Waals surface area contributed by atoms with E-state index in [1.165, 1.54) is 9.75 Å². The monoisotopic (exact) mass is 387 g/mol. The average Bonchev–Trinajstić information content (AvgIpc) is 2.78. The van der Waals surface area contributed by atoms with Crippen molar-refractivity contribution >= 4 is 38.9 Å². The number of ether oxygens (including phenoxy) is 1. The summed E-state index contributed by atoms with van der Waals surface area (Å²) < 4.78 is 6.65. The lowest BCUT2D eigenvalue weighted by molar-refractivity contribution is 0.404. The molecule has 1 heterocycles. The molecule has 0 fully saturated rings. The maximum absolute atomic E-state index is 6.19. The summed E-state index contributed by atoms with van der Waals surface area (Å²) in [6, 6.07) is 7.99. The van der Waals surface area contributed by atoms with Gasteiger partial charge in [0.15, 0.2) is 0 Å². The van der Waals surface area contributed by atoms with Crippen LogP contribution in [0.15, 0.2) is 28.7 Å². The van der Waals surface area contributed by atoms with Gasteiger partial charge in [0.1, 0.15) is 5.75 Å². The van der Waals surface area contributed by atoms with Crippen LogP contribution in [0.3, 0.4) is 0 Å². The first-order chi connectivity index (χ1) is 10.1. The van der Waals surface area contributed by atoms with Crippen LogP contribution in [0.2, 0.25) is 5.02 Å². The van der Waals surface area contributed by atoms with Crippen molar-refractivity contribution in [3.63, 3.8) is 0 Å². The van der Waals surface area contributed by atoms with Crippen LogP contribution >= 0.6 is 38.9 Å². The van der Waals surface area contributed by atoms with Gasteiger partial charge in [-0.1, -0.05) is 18.5 Å². The molecule has 114 valence electrons. The molecule has 0 bridgehead atoms. The Hall–Kier alpha value is -0.550. The first-order valence-electron chi connectivity index (χ1n) is 6.89. The maximum atomic E-state index is 6.19. The highest BCUT2D eigenvalue weighted by Crippen LogP contribution is 2.39. The van der Waals surface area contributed by atoms with E-state index in [1.807, 2.05) is 18.2 Å². The zero-order valence-corrected chi connectivity index (χ0v) is 15.5. The first kappa shape index (κ1) is 16.8. The fraction of sp³-hybridized carbons (Fsp3) is 0.375. The van der Waals surface area contributed by atoms with Crippen LogP contribution in [0.4, 0.5) is 0 Å². The van der Waals surface area contributed by atoms with Gasteiger partial charge in [0.2, 0.25) is 0 Å². The van der Waals surface area contributed by atoms with Crippen LogP contribution in [0.5, 0.6) is 5.75 Å². The molecule has 2 aromatic rings. The molecule has 1 aromatic carbocycles. The zero-order valence-electron chi connectivity index (χ0n) is 12.4. The third-order valence-electron chi connectivity index (χ3n) is 3.20. The van der Waals surface area contributed by atoms with Crippen LogP contribution in [-0.4, -0.2) is 13.7 Å². The van der Waals surface area contributed by atoms with Crippen molar-refractivity contribution in [2.45, 2.75) is 26.3 Å². The summed E-state index contributed by atoms with van der Waals surface area (Å²) in [7, 11) is 1.69. The summed E-state index contributed by atoms with van der Waals surface area (Å²) in [5.74, 6) is 0.853. The second-order valence-electron chi connectivity index (χ2n) is 4.84. The van der Waals surface area contributed by atoms with Gasteiger partial charge in [0, 0.05) is 24.8 Å². The summed E-state index contributed by atoms with van der Waals surface area (Å²) in [4.78, 5) is 2.53. The number of thiophene rings is 1.